The Morgan fingerprint density at radius 2 is 0.770 bits per heavy atom. The van der Waals surface area contributed by atoms with E-state index in [0.29, 0.717) is 0 Å². The van der Waals surface area contributed by atoms with E-state index >= 15 is 0 Å². The predicted octanol–water partition coefficient (Wildman–Crippen LogP) is 16.8. The van der Waals surface area contributed by atoms with Gasteiger partial charge in [-0.1, -0.05) is 176 Å². The van der Waals surface area contributed by atoms with Gasteiger partial charge in [0.05, 0.1) is 5.69 Å². The first-order valence-corrected chi connectivity index (χ1v) is 20.7. The first-order chi connectivity index (χ1) is 30.3. The summed E-state index contributed by atoms with van der Waals surface area (Å²) in [7, 11) is 0. The number of hydrogen-bond acceptors (Lipinski definition) is 3. The lowest BCUT2D eigenvalue weighted by Crippen LogP contribution is -2.10. The average Bonchev–Trinajstić information content (AvgIpc) is 3.92. The van der Waals surface area contributed by atoms with Gasteiger partial charge in [0.15, 0.2) is 5.58 Å². The molecule has 0 unspecified atom stereocenters. The van der Waals surface area contributed by atoms with Crippen LogP contribution in [0.25, 0.3) is 99.2 Å². The lowest BCUT2D eigenvalue weighted by atomic mass is 9.91. The highest BCUT2D eigenvalue weighted by molar-refractivity contribution is 6.24. The van der Waals surface area contributed by atoms with Crippen LogP contribution >= 0.6 is 0 Å². The third-order valence-corrected chi connectivity index (χ3v) is 12.1. The zero-order chi connectivity index (χ0) is 40.3. The maximum atomic E-state index is 7.03. The molecule has 10 aromatic carbocycles. The summed E-state index contributed by atoms with van der Waals surface area (Å²) in [5.41, 5.74) is 15.7. The molecule has 0 saturated heterocycles. The summed E-state index contributed by atoms with van der Waals surface area (Å²) in [6.45, 7) is 0. The molecule has 0 bridgehead atoms. The number of anilines is 3. The summed E-state index contributed by atoms with van der Waals surface area (Å²) in [5, 5.41) is 6.65. The molecule has 2 heterocycles. The largest absolute Gasteiger partial charge is 0.455 e. The molecule has 3 heteroatoms. The number of nitrogens with zero attached hydrogens (tertiary/aromatic N) is 1. The van der Waals surface area contributed by atoms with Gasteiger partial charge in [0.1, 0.15) is 16.7 Å². The normalized spacial score (nSPS) is 11.6. The average molecular weight is 780 g/mol. The molecule has 12 aromatic rings. The van der Waals surface area contributed by atoms with Crippen LogP contribution < -0.4 is 4.90 Å². The fraction of sp³-hybridized carbons (Fsp3) is 0. The summed E-state index contributed by atoms with van der Waals surface area (Å²) in [6, 6.07) is 79.6. The highest BCUT2D eigenvalue weighted by atomic mass is 16.3. The second kappa shape index (κ2) is 14.3. The third-order valence-electron chi connectivity index (χ3n) is 12.1. The number of benzene rings is 10. The van der Waals surface area contributed by atoms with E-state index in [4.69, 9.17) is 8.83 Å². The van der Waals surface area contributed by atoms with Gasteiger partial charge in [-0.2, -0.15) is 0 Å². The van der Waals surface area contributed by atoms with Gasteiger partial charge in [-0.15, -0.1) is 0 Å². The van der Waals surface area contributed by atoms with E-state index in [0.717, 1.165) is 105 Å². The van der Waals surface area contributed by atoms with Crippen molar-refractivity contribution in [3.05, 3.63) is 224 Å². The second-order valence-electron chi connectivity index (χ2n) is 15.6. The Bertz CT molecular complexity index is 3550. The molecule has 0 radical (unpaired) electrons. The highest BCUT2D eigenvalue weighted by Gasteiger charge is 2.23. The zero-order valence-corrected chi connectivity index (χ0v) is 33.1. The topological polar surface area (TPSA) is 29.5 Å². The number of rotatable bonds is 7. The molecule has 3 nitrogen and oxygen atoms in total. The van der Waals surface area contributed by atoms with Crippen LogP contribution in [0, 0.1) is 0 Å². The van der Waals surface area contributed by atoms with Crippen LogP contribution in [-0.2, 0) is 0 Å². The SMILES string of the molecule is c1ccc(-c2ccc(N(c3ccc(-c4cc5c(oc6c(-c7ccccc7)ccc(-c7ccccc7)c65)c5ccccc45)cc3)c3cccc4c3oc3ccccc34)cc2)cc1. The predicted molar refractivity (Wildman–Crippen MR) is 255 cm³/mol. The molecule has 61 heavy (non-hydrogen) atoms. The van der Waals surface area contributed by atoms with Crippen molar-refractivity contribution in [1.29, 1.82) is 0 Å². The second-order valence-corrected chi connectivity index (χ2v) is 15.6. The maximum Gasteiger partial charge on any atom is 0.159 e. The van der Waals surface area contributed by atoms with Crippen molar-refractivity contribution in [3.8, 4) is 44.5 Å². The first kappa shape index (κ1) is 34.9. The minimum Gasteiger partial charge on any atom is -0.455 e. The van der Waals surface area contributed by atoms with E-state index in [2.05, 4.69) is 217 Å². The van der Waals surface area contributed by atoms with Crippen LogP contribution in [0.4, 0.5) is 17.1 Å². The number of hydrogen-bond donors (Lipinski definition) is 0. The van der Waals surface area contributed by atoms with Gasteiger partial charge in [-0.3, -0.25) is 0 Å². The van der Waals surface area contributed by atoms with Crippen LogP contribution in [-0.4, -0.2) is 0 Å². The van der Waals surface area contributed by atoms with Crippen molar-refractivity contribution < 1.29 is 8.83 Å². The molecule has 0 atom stereocenters. The smallest absolute Gasteiger partial charge is 0.159 e. The quantitative estimate of drug-likeness (QED) is 0.161. The van der Waals surface area contributed by atoms with Gasteiger partial charge in [0.25, 0.3) is 0 Å². The van der Waals surface area contributed by atoms with Gasteiger partial charge in [-0.25, -0.2) is 0 Å². The Morgan fingerprint density at radius 1 is 0.279 bits per heavy atom. The van der Waals surface area contributed by atoms with Crippen LogP contribution in [0.5, 0.6) is 0 Å². The van der Waals surface area contributed by atoms with Crippen LogP contribution in [0.2, 0.25) is 0 Å². The van der Waals surface area contributed by atoms with Crippen molar-refractivity contribution in [1.82, 2.24) is 0 Å². The highest BCUT2D eigenvalue weighted by Crippen LogP contribution is 2.47. The van der Waals surface area contributed by atoms with Crippen molar-refractivity contribution >= 4 is 71.7 Å². The van der Waals surface area contributed by atoms with E-state index in [-0.39, 0.29) is 0 Å². The van der Waals surface area contributed by atoms with Gasteiger partial charge < -0.3 is 13.7 Å². The van der Waals surface area contributed by atoms with Gasteiger partial charge in [0.2, 0.25) is 0 Å². The molecule has 0 aliphatic rings. The van der Waals surface area contributed by atoms with Crippen molar-refractivity contribution in [2.24, 2.45) is 0 Å². The Labute approximate surface area is 353 Å². The minimum atomic E-state index is 0.854. The summed E-state index contributed by atoms with van der Waals surface area (Å²) < 4.78 is 13.7. The molecular formula is C58H37NO2. The molecule has 0 aliphatic carbocycles. The number of fused-ring (bicyclic) bond motifs is 8. The number of para-hydroxylation sites is 2. The molecule has 286 valence electrons. The van der Waals surface area contributed by atoms with Crippen molar-refractivity contribution in [3.63, 3.8) is 0 Å². The fourth-order valence-corrected chi connectivity index (χ4v) is 9.20. The van der Waals surface area contributed by atoms with E-state index in [1.165, 1.54) is 11.1 Å². The van der Waals surface area contributed by atoms with Crippen LogP contribution in [0.1, 0.15) is 0 Å². The van der Waals surface area contributed by atoms with Gasteiger partial charge in [0, 0.05) is 43.9 Å². The Hall–Kier alpha value is -8.14. The van der Waals surface area contributed by atoms with E-state index < -0.39 is 0 Å². The molecular weight excluding hydrogens is 743 g/mol. The zero-order valence-electron chi connectivity index (χ0n) is 33.1. The summed E-state index contributed by atoms with van der Waals surface area (Å²) in [5.74, 6) is 0. The Balaban J connectivity index is 1.05. The molecule has 0 fully saturated rings. The van der Waals surface area contributed by atoms with Gasteiger partial charge >= 0.3 is 0 Å². The molecule has 0 aliphatic heterocycles. The molecule has 0 N–H and O–H groups in total. The summed E-state index contributed by atoms with van der Waals surface area (Å²) in [6.07, 6.45) is 0. The lowest BCUT2D eigenvalue weighted by Gasteiger charge is -2.26. The summed E-state index contributed by atoms with van der Waals surface area (Å²) in [4.78, 5) is 2.31. The van der Waals surface area contributed by atoms with Crippen molar-refractivity contribution in [2.75, 3.05) is 4.90 Å². The van der Waals surface area contributed by atoms with Crippen molar-refractivity contribution in [2.45, 2.75) is 0 Å². The van der Waals surface area contributed by atoms with Gasteiger partial charge in [-0.05, 0) is 92.9 Å². The number of furan rings is 2. The van der Waals surface area contributed by atoms with E-state index in [1.54, 1.807) is 0 Å². The molecule has 0 spiro atoms. The van der Waals surface area contributed by atoms with Crippen LogP contribution in [0.15, 0.2) is 233 Å². The molecule has 0 saturated carbocycles. The van der Waals surface area contributed by atoms with E-state index in [9.17, 15) is 0 Å². The van der Waals surface area contributed by atoms with E-state index in [1.807, 2.05) is 12.1 Å². The Kier molecular flexibility index (Phi) is 8.17. The molecule has 12 rings (SSSR count). The maximum absolute atomic E-state index is 7.03. The first-order valence-electron chi connectivity index (χ1n) is 20.7. The molecule has 2 aromatic heterocycles. The summed E-state index contributed by atoms with van der Waals surface area (Å²) >= 11 is 0. The lowest BCUT2D eigenvalue weighted by molar-refractivity contribution is 0.669. The standard InChI is InChI=1S/C58H37NO2/c1-4-15-38(16-5-1)39-27-31-43(32-28-39)59(53-25-14-24-50-48-22-12-13-26-54(48)60-57(50)53)44-33-29-42(30-34-44)51-37-52-55-45(40-17-6-2-7-18-40)35-36-46(41-19-8-3-9-20-41)58(55)61-56(52)49-23-11-10-21-47(49)51/h1-37H. The fourth-order valence-electron chi connectivity index (χ4n) is 9.20. The Morgan fingerprint density at radius 3 is 1.46 bits per heavy atom. The van der Waals surface area contributed by atoms with Crippen LogP contribution in [0.3, 0.4) is 0 Å². The minimum absolute atomic E-state index is 0.854. The third kappa shape index (κ3) is 5.82. The molecule has 0 amide bonds. The monoisotopic (exact) mass is 779 g/mol.